The molecule has 1 N–H and O–H groups in total. The molecule has 5 nitrogen and oxygen atoms in total. The maximum Gasteiger partial charge on any atom is 0.137 e. The van der Waals surface area contributed by atoms with Crippen molar-refractivity contribution >= 4 is 16.7 Å². The number of nitrogens with one attached hydrogen (secondary N) is 1. The van der Waals surface area contributed by atoms with Crippen LogP contribution in [-0.4, -0.2) is 53.8 Å². The number of rotatable bonds is 4. The minimum absolute atomic E-state index is 0.504. The predicted molar refractivity (Wildman–Crippen MR) is 91.5 cm³/mol. The van der Waals surface area contributed by atoms with Crippen molar-refractivity contribution in [2.45, 2.75) is 25.3 Å². The molecule has 0 radical (unpaired) electrons. The van der Waals surface area contributed by atoms with Crippen LogP contribution in [0.4, 0.5) is 5.82 Å². The van der Waals surface area contributed by atoms with Gasteiger partial charge in [0.05, 0.1) is 12.1 Å². The van der Waals surface area contributed by atoms with Gasteiger partial charge in [0.25, 0.3) is 0 Å². The molecule has 122 valence electrons. The predicted octanol–water partition coefficient (Wildman–Crippen LogP) is 2.54. The fraction of sp³-hybridized carbons (Fsp3) is 0.556. The van der Waals surface area contributed by atoms with Gasteiger partial charge in [-0.05, 0) is 37.3 Å². The largest absolute Gasteiger partial charge is 0.381 e. The lowest BCUT2D eigenvalue weighted by Gasteiger charge is -2.33. The molecule has 1 unspecified atom stereocenters. The molecule has 1 atom stereocenters. The normalized spacial score (nSPS) is 23.4. The van der Waals surface area contributed by atoms with Crippen molar-refractivity contribution in [1.82, 2.24) is 14.9 Å². The molecule has 2 saturated heterocycles. The van der Waals surface area contributed by atoms with Crippen molar-refractivity contribution in [3.8, 4) is 0 Å². The van der Waals surface area contributed by atoms with Crippen molar-refractivity contribution in [2.24, 2.45) is 5.92 Å². The van der Waals surface area contributed by atoms with E-state index in [1.807, 2.05) is 18.2 Å². The van der Waals surface area contributed by atoms with Gasteiger partial charge in [0.15, 0.2) is 0 Å². The zero-order chi connectivity index (χ0) is 15.5. The topological polar surface area (TPSA) is 50.3 Å². The highest BCUT2D eigenvalue weighted by atomic mass is 16.5. The Morgan fingerprint density at radius 1 is 1.13 bits per heavy atom. The third kappa shape index (κ3) is 3.46. The van der Waals surface area contributed by atoms with E-state index in [1.165, 1.54) is 25.8 Å². The van der Waals surface area contributed by atoms with E-state index in [1.54, 1.807) is 6.33 Å². The fourth-order valence-corrected chi connectivity index (χ4v) is 3.67. The molecule has 0 bridgehead atoms. The summed E-state index contributed by atoms with van der Waals surface area (Å²) in [6, 6.07) is 8.69. The average molecular weight is 312 g/mol. The highest BCUT2D eigenvalue weighted by Gasteiger charge is 2.24. The quantitative estimate of drug-likeness (QED) is 0.940. The number of hydrogen-bond donors (Lipinski definition) is 1. The van der Waals surface area contributed by atoms with Crippen LogP contribution < -0.4 is 5.32 Å². The number of benzene rings is 1. The number of hydrogen-bond acceptors (Lipinski definition) is 5. The fourth-order valence-electron chi connectivity index (χ4n) is 3.67. The van der Waals surface area contributed by atoms with Crippen molar-refractivity contribution in [3.05, 3.63) is 30.6 Å². The van der Waals surface area contributed by atoms with Crippen LogP contribution in [-0.2, 0) is 4.74 Å². The minimum Gasteiger partial charge on any atom is -0.381 e. The summed E-state index contributed by atoms with van der Waals surface area (Å²) in [5, 5.41) is 4.75. The Hall–Kier alpha value is -1.72. The number of nitrogens with zero attached hydrogens (tertiary/aromatic N) is 3. The molecule has 0 spiro atoms. The minimum atomic E-state index is 0.504. The molecule has 4 rings (SSSR count). The second-order valence-corrected chi connectivity index (χ2v) is 6.69. The van der Waals surface area contributed by atoms with Crippen LogP contribution in [0.25, 0.3) is 10.9 Å². The summed E-state index contributed by atoms with van der Waals surface area (Å²) in [4.78, 5) is 11.4. The molecule has 5 heteroatoms. The third-order valence-electron chi connectivity index (χ3n) is 5.01. The Labute approximate surface area is 137 Å². The van der Waals surface area contributed by atoms with Gasteiger partial charge in [-0.3, -0.25) is 0 Å². The smallest absolute Gasteiger partial charge is 0.137 e. The van der Waals surface area contributed by atoms with E-state index >= 15 is 0 Å². The highest BCUT2D eigenvalue weighted by Crippen LogP contribution is 2.23. The van der Waals surface area contributed by atoms with Crippen LogP contribution in [0.5, 0.6) is 0 Å². The van der Waals surface area contributed by atoms with E-state index in [0.717, 1.165) is 48.9 Å². The molecule has 1 aromatic carbocycles. The molecule has 2 fully saturated rings. The highest BCUT2D eigenvalue weighted by molar-refractivity contribution is 5.88. The van der Waals surface area contributed by atoms with Gasteiger partial charge in [-0.2, -0.15) is 0 Å². The summed E-state index contributed by atoms with van der Waals surface area (Å²) >= 11 is 0. The van der Waals surface area contributed by atoms with Gasteiger partial charge in [-0.15, -0.1) is 0 Å². The van der Waals surface area contributed by atoms with Crippen molar-refractivity contribution < 1.29 is 4.74 Å². The lowest BCUT2D eigenvalue weighted by molar-refractivity contribution is 0.154. The Bertz CT molecular complexity index is 643. The maximum absolute atomic E-state index is 5.49. The number of anilines is 1. The van der Waals surface area contributed by atoms with E-state index < -0.39 is 0 Å². The van der Waals surface area contributed by atoms with Crippen LogP contribution in [0.15, 0.2) is 30.6 Å². The summed E-state index contributed by atoms with van der Waals surface area (Å²) in [5.74, 6) is 1.71. The molecule has 0 amide bonds. The molecule has 0 aliphatic carbocycles. The molecule has 1 aromatic heterocycles. The summed E-state index contributed by atoms with van der Waals surface area (Å²) in [6.07, 6.45) is 5.23. The second-order valence-electron chi connectivity index (χ2n) is 6.69. The molecular weight excluding hydrogens is 288 g/mol. The molecule has 0 saturated carbocycles. The summed E-state index contributed by atoms with van der Waals surface area (Å²) in [6.45, 7) is 5.42. The monoisotopic (exact) mass is 312 g/mol. The average Bonchev–Trinajstić information content (AvgIpc) is 3.10. The Morgan fingerprint density at radius 2 is 2.00 bits per heavy atom. The van der Waals surface area contributed by atoms with Crippen LogP contribution >= 0.6 is 0 Å². The Morgan fingerprint density at radius 3 is 2.83 bits per heavy atom. The molecule has 2 aromatic rings. The number of aromatic nitrogens is 2. The molecule has 23 heavy (non-hydrogen) atoms. The van der Waals surface area contributed by atoms with Gasteiger partial charge >= 0.3 is 0 Å². The zero-order valence-corrected chi connectivity index (χ0v) is 13.4. The first-order valence-electron chi connectivity index (χ1n) is 8.65. The lowest BCUT2D eigenvalue weighted by atomic mass is 10.0. The summed E-state index contributed by atoms with van der Waals surface area (Å²) in [5.41, 5.74) is 1.00. The van der Waals surface area contributed by atoms with Crippen LogP contribution in [0, 0.1) is 5.92 Å². The summed E-state index contributed by atoms with van der Waals surface area (Å²) < 4.78 is 5.49. The van der Waals surface area contributed by atoms with Gasteiger partial charge in [0, 0.05) is 37.7 Å². The number of piperidine rings is 1. The van der Waals surface area contributed by atoms with Gasteiger partial charge in [0.1, 0.15) is 12.1 Å². The molecule has 2 aliphatic rings. The lowest BCUT2D eigenvalue weighted by Crippen LogP contribution is -2.41. The first kappa shape index (κ1) is 14.8. The summed E-state index contributed by atoms with van der Waals surface area (Å²) in [7, 11) is 0. The second kappa shape index (κ2) is 6.81. The first-order chi connectivity index (χ1) is 11.4. The molecule has 3 heterocycles. The Kier molecular flexibility index (Phi) is 4.39. The molecular formula is C18H24N4O. The van der Waals surface area contributed by atoms with E-state index in [4.69, 9.17) is 4.74 Å². The standard InChI is InChI=1S/C18H24N4O/c1-2-4-17-16(3-1)18(20-13-19-17)21-15-5-8-22(9-6-15)11-14-7-10-23-12-14/h1-4,13-15H,5-12H2,(H,19,20,21). The van der Waals surface area contributed by atoms with E-state index in [0.29, 0.717) is 6.04 Å². The number of para-hydroxylation sites is 1. The van der Waals surface area contributed by atoms with Gasteiger partial charge in [-0.1, -0.05) is 12.1 Å². The van der Waals surface area contributed by atoms with E-state index in [2.05, 4.69) is 26.3 Å². The first-order valence-corrected chi connectivity index (χ1v) is 8.65. The number of likely N-dealkylation sites (tertiary alicyclic amines) is 1. The van der Waals surface area contributed by atoms with Gasteiger partial charge < -0.3 is 15.0 Å². The van der Waals surface area contributed by atoms with Crippen LogP contribution in [0.1, 0.15) is 19.3 Å². The van der Waals surface area contributed by atoms with Crippen molar-refractivity contribution in [1.29, 1.82) is 0 Å². The van der Waals surface area contributed by atoms with Crippen molar-refractivity contribution in [2.75, 3.05) is 38.2 Å². The number of ether oxygens (including phenoxy) is 1. The van der Waals surface area contributed by atoms with Crippen LogP contribution in [0.2, 0.25) is 0 Å². The Balaban J connectivity index is 1.35. The maximum atomic E-state index is 5.49. The van der Waals surface area contributed by atoms with E-state index in [9.17, 15) is 0 Å². The van der Waals surface area contributed by atoms with E-state index in [-0.39, 0.29) is 0 Å². The SMILES string of the molecule is c1ccc2c(NC3CCN(CC4CCOC4)CC3)ncnc2c1. The van der Waals surface area contributed by atoms with Gasteiger partial charge in [-0.25, -0.2) is 9.97 Å². The van der Waals surface area contributed by atoms with Crippen LogP contribution in [0.3, 0.4) is 0 Å². The van der Waals surface area contributed by atoms with Crippen molar-refractivity contribution in [3.63, 3.8) is 0 Å². The zero-order valence-electron chi connectivity index (χ0n) is 13.4. The molecule has 2 aliphatic heterocycles. The number of fused-ring (bicyclic) bond motifs is 1. The third-order valence-corrected chi connectivity index (χ3v) is 5.01. The van der Waals surface area contributed by atoms with Gasteiger partial charge in [0.2, 0.25) is 0 Å².